The number of carboxylic acids is 1. The Bertz CT molecular complexity index is 470. The molecule has 0 aliphatic heterocycles. The van der Waals surface area contributed by atoms with Gasteiger partial charge in [-0.3, -0.25) is 9.59 Å². The molecule has 1 aromatic heterocycles. The number of carboxylic acid groups (broad SMARTS) is 1. The maximum absolute atomic E-state index is 11.8. The third-order valence-corrected chi connectivity index (χ3v) is 3.34. The molecule has 0 spiro atoms. The van der Waals surface area contributed by atoms with E-state index in [4.69, 9.17) is 16.7 Å². The van der Waals surface area contributed by atoms with Gasteiger partial charge < -0.3 is 10.4 Å². The van der Waals surface area contributed by atoms with E-state index in [0.717, 1.165) is 12.2 Å². The van der Waals surface area contributed by atoms with Gasteiger partial charge in [0.15, 0.2) is 10.9 Å². The predicted molar refractivity (Wildman–Crippen MR) is 72.6 cm³/mol. The number of halogens is 1. The Kier molecular flexibility index (Phi) is 6.58. The number of thioether (sulfide) groups is 1. The first-order valence-corrected chi connectivity index (χ1v) is 7.06. The van der Waals surface area contributed by atoms with Crippen molar-refractivity contribution in [2.45, 2.75) is 24.9 Å². The van der Waals surface area contributed by atoms with E-state index in [1.807, 2.05) is 6.92 Å². The fraction of sp³-hybridized carbons (Fsp3) is 0.455. The van der Waals surface area contributed by atoms with Gasteiger partial charge in [-0.25, -0.2) is 9.97 Å². The first-order valence-electron chi connectivity index (χ1n) is 5.70. The number of carbonyl (C=O) groups excluding carboxylic acids is 1. The SMILES string of the molecule is CCCSc1ncc(Cl)c(C(=O)NCCC(=O)O)n1. The molecular weight excluding hydrogens is 290 g/mol. The van der Waals surface area contributed by atoms with E-state index in [-0.39, 0.29) is 23.7 Å². The highest BCUT2D eigenvalue weighted by atomic mass is 35.5. The number of nitrogens with zero attached hydrogens (tertiary/aromatic N) is 2. The molecule has 0 aromatic carbocycles. The maximum Gasteiger partial charge on any atom is 0.305 e. The van der Waals surface area contributed by atoms with E-state index in [1.54, 1.807) is 0 Å². The van der Waals surface area contributed by atoms with Gasteiger partial charge >= 0.3 is 5.97 Å². The highest BCUT2D eigenvalue weighted by molar-refractivity contribution is 7.99. The second-order valence-corrected chi connectivity index (χ2v) is 5.07. The van der Waals surface area contributed by atoms with Crippen molar-refractivity contribution in [3.8, 4) is 0 Å². The van der Waals surface area contributed by atoms with Crippen LogP contribution in [0.1, 0.15) is 30.3 Å². The van der Waals surface area contributed by atoms with E-state index in [0.29, 0.717) is 5.16 Å². The number of carbonyl (C=O) groups is 2. The number of aromatic nitrogens is 2. The van der Waals surface area contributed by atoms with Crippen molar-refractivity contribution >= 4 is 35.2 Å². The lowest BCUT2D eigenvalue weighted by molar-refractivity contribution is -0.136. The van der Waals surface area contributed by atoms with Crippen LogP contribution in [0.25, 0.3) is 0 Å². The molecule has 6 nitrogen and oxygen atoms in total. The Morgan fingerprint density at radius 2 is 2.26 bits per heavy atom. The van der Waals surface area contributed by atoms with Crippen LogP contribution in [0.4, 0.5) is 0 Å². The average molecular weight is 304 g/mol. The van der Waals surface area contributed by atoms with E-state index in [2.05, 4.69) is 15.3 Å². The molecule has 0 saturated carbocycles. The summed E-state index contributed by atoms with van der Waals surface area (Å²) in [6.07, 6.45) is 2.20. The summed E-state index contributed by atoms with van der Waals surface area (Å²) in [6.45, 7) is 2.06. The van der Waals surface area contributed by atoms with E-state index < -0.39 is 11.9 Å². The van der Waals surface area contributed by atoms with Crippen molar-refractivity contribution < 1.29 is 14.7 Å². The topological polar surface area (TPSA) is 92.2 Å². The molecule has 1 amide bonds. The van der Waals surface area contributed by atoms with Crippen LogP contribution in [0, 0.1) is 0 Å². The lowest BCUT2D eigenvalue weighted by Crippen LogP contribution is -2.27. The minimum absolute atomic E-state index is 0.0337. The van der Waals surface area contributed by atoms with Crippen molar-refractivity contribution in [3.05, 3.63) is 16.9 Å². The van der Waals surface area contributed by atoms with Crippen molar-refractivity contribution in [2.24, 2.45) is 0 Å². The maximum atomic E-state index is 11.8. The van der Waals surface area contributed by atoms with Gasteiger partial charge in [0.2, 0.25) is 0 Å². The summed E-state index contributed by atoms with van der Waals surface area (Å²) >= 11 is 7.29. The lowest BCUT2D eigenvalue weighted by atomic mass is 10.3. The number of nitrogens with one attached hydrogen (secondary N) is 1. The van der Waals surface area contributed by atoms with Crippen molar-refractivity contribution in [2.75, 3.05) is 12.3 Å². The Morgan fingerprint density at radius 1 is 1.53 bits per heavy atom. The van der Waals surface area contributed by atoms with E-state index in [9.17, 15) is 9.59 Å². The summed E-state index contributed by atoms with van der Waals surface area (Å²) in [4.78, 5) is 30.2. The van der Waals surface area contributed by atoms with Gasteiger partial charge in [0.05, 0.1) is 17.6 Å². The zero-order chi connectivity index (χ0) is 14.3. The molecule has 1 heterocycles. The summed E-state index contributed by atoms with van der Waals surface area (Å²) in [5.74, 6) is -0.623. The summed E-state index contributed by atoms with van der Waals surface area (Å²) in [6, 6.07) is 0. The van der Waals surface area contributed by atoms with Gasteiger partial charge in [-0.15, -0.1) is 0 Å². The fourth-order valence-electron chi connectivity index (χ4n) is 1.14. The van der Waals surface area contributed by atoms with Crippen molar-refractivity contribution in [1.29, 1.82) is 0 Å². The molecule has 0 fully saturated rings. The molecule has 0 atom stereocenters. The number of hydrogen-bond donors (Lipinski definition) is 2. The average Bonchev–Trinajstić information content (AvgIpc) is 2.37. The minimum atomic E-state index is -0.978. The van der Waals surface area contributed by atoms with Crippen LogP contribution < -0.4 is 5.32 Å². The number of amides is 1. The molecule has 0 radical (unpaired) electrons. The number of aliphatic carboxylic acids is 1. The van der Waals surface area contributed by atoms with Crippen LogP contribution in [0.15, 0.2) is 11.4 Å². The van der Waals surface area contributed by atoms with Crippen LogP contribution >= 0.6 is 23.4 Å². The second-order valence-electron chi connectivity index (χ2n) is 3.60. The monoisotopic (exact) mass is 303 g/mol. The zero-order valence-electron chi connectivity index (χ0n) is 10.4. The normalized spacial score (nSPS) is 10.2. The quantitative estimate of drug-likeness (QED) is 0.590. The molecule has 1 aromatic rings. The summed E-state index contributed by atoms with van der Waals surface area (Å²) in [5.41, 5.74) is 0.0701. The third-order valence-electron chi connectivity index (χ3n) is 2.00. The number of hydrogen-bond acceptors (Lipinski definition) is 5. The number of rotatable bonds is 7. The van der Waals surface area contributed by atoms with E-state index >= 15 is 0 Å². The van der Waals surface area contributed by atoms with Gasteiger partial charge in [-0.1, -0.05) is 30.3 Å². The highest BCUT2D eigenvalue weighted by Gasteiger charge is 2.14. The summed E-state index contributed by atoms with van der Waals surface area (Å²) < 4.78 is 0. The van der Waals surface area contributed by atoms with Crippen LogP contribution in [-0.2, 0) is 4.79 Å². The minimum Gasteiger partial charge on any atom is -0.481 e. The molecular formula is C11H14ClN3O3S. The predicted octanol–water partition coefficient (Wildman–Crippen LogP) is 1.84. The van der Waals surface area contributed by atoms with Gasteiger partial charge in [0.1, 0.15) is 0 Å². The molecule has 0 bridgehead atoms. The molecule has 0 saturated heterocycles. The summed E-state index contributed by atoms with van der Waals surface area (Å²) in [5, 5.41) is 11.6. The molecule has 19 heavy (non-hydrogen) atoms. The van der Waals surface area contributed by atoms with Gasteiger partial charge in [-0.05, 0) is 6.42 Å². The molecule has 1 rings (SSSR count). The second kappa shape index (κ2) is 7.96. The van der Waals surface area contributed by atoms with Gasteiger partial charge in [0.25, 0.3) is 5.91 Å². The molecule has 104 valence electrons. The van der Waals surface area contributed by atoms with Gasteiger partial charge in [0, 0.05) is 12.3 Å². The first kappa shape index (κ1) is 15.7. The molecule has 0 aliphatic carbocycles. The Labute approximate surface area is 120 Å². The summed E-state index contributed by atoms with van der Waals surface area (Å²) in [7, 11) is 0. The molecule has 0 aliphatic rings. The Morgan fingerprint density at radius 3 is 2.89 bits per heavy atom. The first-order chi connectivity index (χ1) is 9.04. The highest BCUT2D eigenvalue weighted by Crippen LogP contribution is 2.18. The smallest absolute Gasteiger partial charge is 0.305 e. The van der Waals surface area contributed by atoms with Crippen LogP contribution in [0.3, 0.4) is 0 Å². The van der Waals surface area contributed by atoms with Crippen LogP contribution in [0.2, 0.25) is 5.02 Å². The standard InChI is InChI=1S/C11H14ClN3O3S/c1-2-5-19-11-14-6-7(12)9(15-11)10(18)13-4-3-8(16)17/h6H,2-5H2,1H3,(H,13,18)(H,16,17). The van der Waals surface area contributed by atoms with Crippen molar-refractivity contribution in [3.63, 3.8) is 0 Å². The fourth-order valence-corrected chi connectivity index (χ4v) is 1.99. The van der Waals surface area contributed by atoms with Crippen LogP contribution in [-0.4, -0.2) is 39.2 Å². The van der Waals surface area contributed by atoms with Crippen LogP contribution in [0.5, 0.6) is 0 Å². The largest absolute Gasteiger partial charge is 0.481 e. The molecule has 0 unspecified atom stereocenters. The lowest BCUT2D eigenvalue weighted by Gasteiger charge is -2.06. The third kappa shape index (κ3) is 5.44. The van der Waals surface area contributed by atoms with Crippen molar-refractivity contribution in [1.82, 2.24) is 15.3 Å². The Hall–Kier alpha value is -1.34. The van der Waals surface area contributed by atoms with Gasteiger partial charge in [-0.2, -0.15) is 0 Å². The molecule has 2 N–H and O–H groups in total. The Balaban J connectivity index is 2.69. The van der Waals surface area contributed by atoms with E-state index in [1.165, 1.54) is 18.0 Å². The zero-order valence-corrected chi connectivity index (χ0v) is 11.9. The molecule has 8 heteroatoms.